The first kappa shape index (κ1) is 16.2. The van der Waals surface area contributed by atoms with E-state index in [1.165, 1.54) is 23.6 Å². The Morgan fingerprint density at radius 2 is 1.95 bits per heavy atom. The number of halogens is 2. The fourth-order valence-electron chi connectivity index (χ4n) is 1.68. The van der Waals surface area contributed by atoms with Crippen LogP contribution in [0.3, 0.4) is 0 Å². The molecule has 5 nitrogen and oxygen atoms in total. The van der Waals surface area contributed by atoms with E-state index >= 15 is 0 Å². The van der Waals surface area contributed by atoms with Gasteiger partial charge in [-0.15, -0.1) is 0 Å². The second-order valence-corrected chi connectivity index (χ2v) is 7.79. The van der Waals surface area contributed by atoms with Crippen molar-refractivity contribution in [2.24, 2.45) is 0 Å². The molecule has 0 fully saturated rings. The Morgan fingerprint density at radius 3 is 2.52 bits per heavy atom. The highest BCUT2D eigenvalue weighted by Gasteiger charge is 2.22. The Bertz CT molecular complexity index is 751. The molecule has 0 saturated heterocycles. The topological polar surface area (TPSA) is 76.3 Å². The van der Waals surface area contributed by atoms with Crippen LogP contribution in [0, 0.1) is 0 Å². The van der Waals surface area contributed by atoms with E-state index in [2.05, 4.69) is 20.9 Å². The van der Waals surface area contributed by atoms with Gasteiger partial charge in [-0.1, -0.05) is 39.7 Å². The van der Waals surface area contributed by atoms with Gasteiger partial charge in [0.25, 0.3) is 0 Å². The van der Waals surface area contributed by atoms with Gasteiger partial charge in [-0.2, -0.15) is 4.31 Å². The number of nitrogens with two attached hydrogens (primary N) is 1. The van der Waals surface area contributed by atoms with Crippen molar-refractivity contribution in [2.75, 3.05) is 12.8 Å². The normalized spacial score (nSPS) is 11.8. The standard InChI is InChI=1S/C13H13BrClN3O2S/c1-18(8-9-2-4-10(14)5-3-9)21(19,20)11-6-12(15)13(16)17-7-11/h2-7H,8H2,1H3,(H2,16,17). The summed E-state index contributed by atoms with van der Waals surface area (Å²) in [5.41, 5.74) is 6.36. The Morgan fingerprint density at radius 1 is 1.33 bits per heavy atom. The Balaban J connectivity index is 2.25. The Kier molecular flexibility index (Phi) is 4.88. The number of nitrogen functional groups attached to an aromatic ring is 1. The van der Waals surface area contributed by atoms with E-state index in [0.717, 1.165) is 10.0 Å². The average molecular weight is 391 g/mol. The minimum atomic E-state index is -3.67. The summed E-state index contributed by atoms with van der Waals surface area (Å²) in [5, 5.41) is 0.119. The van der Waals surface area contributed by atoms with Crippen molar-refractivity contribution >= 4 is 43.4 Å². The fraction of sp³-hybridized carbons (Fsp3) is 0.154. The van der Waals surface area contributed by atoms with Crippen molar-refractivity contribution < 1.29 is 8.42 Å². The molecule has 0 atom stereocenters. The van der Waals surface area contributed by atoms with Gasteiger partial charge < -0.3 is 5.73 Å². The second kappa shape index (κ2) is 6.31. The third-order valence-electron chi connectivity index (χ3n) is 2.87. The van der Waals surface area contributed by atoms with Gasteiger partial charge in [-0.3, -0.25) is 0 Å². The molecule has 0 aliphatic rings. The van der Waals surface area contributed by atoms with Gasteiger partial charge in [0.1, 0.15) is 10.7 Å². The third kappa shape index (κ3) is 3.74. The predicted octanol–water partition coefficient (Wildman–Crippen LogP) is 2.90. The summed E-state index contributed by atoms with van der Waals surface area (Å²) < 4.78 is 27.1. The molecule has 0 radical (unpaired) electrons. The van der Waals surface area contributed by atoms with Gasteiger partial charge in [0.15, 0.2) is 0 Å². The number of benzene rings is 1. The van der Waals surface area contributed by atoms with Crippen LogP contribution in [0.5, 0.6) is 0 Å². The fourth-order valence-corrected chi connectivity index (χ4v) is 3.31. The summed E-state index contributed by atoms with van der Waals surface area (Å²) in [6.45, 7) is 0.248. The van der Waals surface area contributed by atoms with Crippen LogP contribution in [-0.2, 0) is 16.6 Å². The lowest BCUT2D eigenvalue weighted by Crippen LogP contribution is -2.26. The molecule has 8 heteroatoms. The first-order valence-corrected chi connectivity index (χ1v) is 8.53. The van der Waals surface area contributed by atoms with Crippen LogP contribution in [0.15, 0.2) is 45.9 Å². The van der Waals surface area contributed by atoms with Crippen LogP contribution in [0.4, 0.5) is 5.82 Å². The van der Waals surface area contributed by atoms with Crippen LogP contribution >= 0.6 is 27.5 Å². The lowest BCUT2D eigenvalue weighted by Gasteiger charge is -2.17. The summed E-state index contributed by atoms with van der Waals surface area (Å²) in [7, 11) is -2.17. The molecular formula is C13H13BrClN3O2S. The van der Waals surface area contributed by atoms with E-state index in [1.807, 2.05) is 24.3 Å². The highest BCUT2D eigenvalue weighted by Crippen LogP contribution is 2.23. The smallest absolute Gasteiger partial charge is 0.244 e. The monoisotopic (exact) mass is 389 g/mol. The van der Waals surface area contributed by atoms with Crippen LogP contribution < -0.4 is 5.73 Å². The number of aromatic nitrogens is 1. The summed E-state index contributed by atoms with van der Waals surface area (Å²) in [6.07, 6.45) is 1.20. The molecule has 1 heterocycles. The quantitative estimate of drug-likeness (QED) is 0.871. The molecular weight excluding hydrogens is 378 g/mol. The third-order valence-corrected chi connectivity index (χ3v) is 5.47. The number of anilines is 1. The number of sulfonamides is 1. The number of rotatable bonds is 4. The molecule has 0 bridgehead atoms. The lowest BCUT2D eigenvalue weighted by molar-refractivity contribution is 0.466. The SMILES string of the molecule is CN(Cc1ccc(Br)cc1)S(=O)(=O)c1cnc(N)c(Cl)c1. The van der Waals surface area contributed by atoms with Crippen molar-refractivity contribution in [3.8, 4) is 0 Å². The second-order valence-electron chi connectivity index (χ2n) is 4.43. The lowest BCUT2D eigenvalue weighted by atomic mass is 10.2. The largest absolute Gasteiger partial charge is 0.382 e. The highest BCUT2D eigenvalue weighted by atomic mass is 79.9. The minimum Gasteiger partial charge on any atom is -0.382 e. The van der Waals surface area contributed by atoms with Crippen LogP contribution in [0.2, 0.25) is 5.02 Å². The number of pyridine rings is 1. The zero-order valence-corrected chi connectivity index (χ0v) is 14.3. The molecule has 2 aromatic rings. The highest BCUT2D eigenvalue weighted by molar-refractivity contribution is 9.10. The molecule has 0 spiro atoms. The minimum absolute atomic E-state index is 0.0151. The van der Waals surface area contributed by atoms with E-state index in [9.17, 15) is 8.42 Å². The van der Waals surface area contributed by atoms with Crippen molar-refractivity contribution in [1.82, 2.24) is 9.29 Å². The summed E-state index contributed by atoms with van der Waals surface area (Å²) in [6, 6.07) is 8.72. The molecule has 0 unspecified atom stereocenters. The average Bonchev–Trinajstić information content (AvgIpc) is 2.44. The summed E-state index contributed by atoms with van der Waals surface area (Å²) in [5.74, 6) is 0.103. The van der Waals surface area contributed by atoms with Crippen LogP contribution in [0.1, 0.15) is 5.56 Å². The van der Waals surface area contributed by atoms with Gasteiger partial charge in [0.05, 0.1) is 5.02 Å². The van der Waals surface area contributed by atoms with Crippen molar-refractivity contribution in [1.29, 1.82) is 0 Å². The van der Waals surface area contributed by atoms with Gasteiger partial charge >= 0.3 is 0 Å². The first-order valence-electron chi connectivity index (χ1n) is 5.92. The van der Waals surface area contributed by atoms with Gasteiger partial charge in [-0.05, 0) is 23.8 Å². The van der Waals surface area contributed by atoms with Crippen LogP contribution in [-0.4, -0.2) is 24.8 Å². The van der Waals surface area contributed by atoms with E-state index in [0.29, 0.717) is 0 Å². The maximum atomic E-state index is 12.4. The van der Waals surface area contributed by atoms with Crippen molar-refractivity contribution in [3.63, 3.8) is 0 Å². The van der Waals surface area contributed by atoms with E-state index in [1.54, 1.807) is 0 Å². The van der Waals surface area contributed by atoms with Crippen molar-refractivity contribution in [2.45, 2.75) is 11.4 Å². The summed E-state index contributed by atoms with van der Waals surface area (Å²) >= 11 is 9.16. The molecule has 112 valence electrons. The molecule has 0 amide bonds. The maximum Gasteiger partial charge on any atom is 0.244 e. The molecule has 2 rings (SSSR count). The predicted molar refractivity (Wildman–Crippen MR) is 86.5 cm³/mol. The maximum absolute atomic E-state index is 12.4. The Hall–Kier alpha value is -1.15. The molecule has 0 saturated carbocycles. The first-order chi connectivity index (χ1) is 9.80. The van der Waals surface area contributed by atoms with Gasteiger partial charge in [-0.25, -0.2) is 13.4 Å². The van der Waals surface area contributed by atoms with Crippen LogP contribution in [0.25, 0.3) is 0 Å². The number of hydrogen-bond acceptors (Lipinski definition) is 4. The zero-order chi connectivity index (χ0) is 15.6. The Labute approximate surface area is 136 Å². The zero-order valence-electron chi connectivity index (χ0n) is 11.1. The number of nitrogens with zero attached hydrogens (tertiary/aromatic N) is 2. The van der Waals surface area contributed by atoms with Gasteiger partial charge in [0, 0.05) is 24.3 Å². The van der Waals surface area contributed by atoms with E-state index < -0.39 is 10.0 Å². The van der Waals surface area contributed by atoms with Crippen molar-refractivity contribution in [3.05, 3.63) is 51.6 Å². The molecule has 21 heavy (non-hydrogen) atoms. The number of hydrogen-bond donors (Lipinski definition) is 1. The molecule has 0 aliphatic carbocycles. The van der Waals surface area contributed by atoms with Gasteiger partial charge in [0.2, 0.25) is 10.0 Å². The molecule has 0 aliphatic heterocycles. The summed E-state index contributed by atoms with van der Waals surface area (Å²) in [4.78, 5) is 3.79. The van der Waals surface area contributed by atoms with E-state index in [4.69, 9.17) is 17.3 Å². The molecule has 1 aromatic carbocycles. The van der Waals surface area contributed by atoms with E-state index in [-0.39, 0.29) is 22.3 Å². The molecule has 1 aromatic heterocycles. The molecule has 2 N–H and O–H groups in total.